The quantitative estimate of drug-likeness (QED) is 0.694. The molecule has 6 nitrogen and oxygen atoms in total. The lowest BCUT2D eigenvalue weighted by atomic mass is 10.1. The second kappa shape index (κ2) is 8.07. The highest BCUT2D eigenvalue weighted by atomic mass is 16.5. The van der Waals surface area contributed by atoms with Gasteiger partial charge in [-0.25, -0.2) is 9.78 Å². The molecular formula is C16H23N3O3. The van der Waals surface area contributed by atoms with Crippen molar-refractivity contribution in [2.24, 2.45) is 0 Å². The monoisotopic (exact) mass is 305 g/mol. The Balaban J connectivity index is 0.00000116. The molecule has 2 heterocycles. The molecular weight excluding hydrogens is 282 g/mol. The van der Waals surface area contributed by atoms with Crippen molar-refractivity contribution >= 4 is 5.97 Å². The van der Waals surface area contributed by atoms with Crippen LogP contribution in [0, 0.1) is 6.92 Å². The largest absolute Gasteiger partial charge is 0.481 e. The third kappa shape index (κ3) is 3.58. The molecule has 0 bridgehead atoms. The maximum absolute atomic E-state index is 11.9. The predicted octanol–water partition coefficient (Wildman–Crippen LogP) is 2.78. The van der Waals surface area contributed by atoms with E-state index in [9.17, 15) is 4.79 Å². The lowest BCUT2D eigenvalue weighted by molar-refractivity contribution is 0.0515. The normalized spacial score (nSPS) is 9.68. The zero-order chi connectivity index (χ0) is 16.7. The van der Waals surface area contributed by atoms with E-state index >= 15 is 0 Å². The number of carbonyl (C=O) groups is 1. The molecule has 0 aliphatic carbocycles. The third-order valence-electron chi connectivity index (χ3n) is 3.01. The molecule has 120 valence electrons. The molecule has 0 fully saturated rings. The molecule has 0 spiro atoms. The molecule has 0 atom stereocenters. The van der Waals surface area contributed by atoms with E-state index in [1.807, 2.05) is 26.8 Å². The van der Waals surface area contributed by atoms with E-state index in [2.05, 4.69) is 4.98 Å². The van der Waals surface area contributed by atoms with Gasteiger partial charge in [0, 0.05) is 24.0 Å². The first-order chi connectivity index (χ1) is 10.6. The Labute approximate surface area is 130 Å². The van der Waals surface area contributed by atoms with E-state index in [0.29, 0.717) is 18.2 Å². The first kappa shape index (κ1) is 17.6. The second-order valence-electron chi connectivity index (χ2n) is 4.23. The molecule has 2 N–H and O–H groups in total. The molecule has 0 saturated carbocycles. The summed E-state index contributed by atoms with van der Waals surface area (Å²) in [5.41, 5.74) is 2.83. The second-order valence-corrected chi connectivity index (χ2v) is 4.23. The van der Waals surface area contributed by atoms with Crippen LogP contribution in [0.25, 0.3) is 11.1 Å². The maximum atomic E-state index is 11.9. The Morgan fingerprint density at radius 3 is 2.68 bits per heavy atom. The number of pyridine rings is 1. The van der Waals surface area contributed by atoms with Gasteiger partial charge in [-0.15, -0.1) is 0 Å². The van der Waals surface area contributed by atoms with Crippen molar-refractivity contribution in [1.29, 1.82) is 0 Å². The zero-order valence-corrected chi connectivity index (χ0v) is 13.7. The van der Waals surface area contributed by atoms with Crippen molar-refractivity contribution in [3.05, 3.63) is 35.8 Å². The molecule has 0 aliphatic heterocycles. The average Bonchev–Trinajstić information content (AvgIpc) is 2.84. The van der Waals surface area contributed by atoms with E-state index in [1.54, 1.807) is 32.5 Å². The van der Waals surface area contributed by atoms with Crippen molar-refractivity contribution in [2.75, 3.05) is 19.6 Å². The van der Waals surface area contributed by atoms with Gasteiger partial charge in [0.15, 0.2) is 5.69 Å². The number of hydrogen-bond donors (Lipinski definition) is 1. The highest BCUT2D eigenvalue weighted by Crippen LogP contribution is 2.28. The number of esters is 1. The molecule has 0 amide bonds. The SMILES string of the molecule is CC.CCOC(=O)c1c(C)c(-c2ccnc(OC)c2)cn1N. The van der Waals surface area contributed by atoms with E-state index in [4.69, 9.17) is 15.3 Å². The number of nitrogens with two attached hydrogens (primary N) is 1. The lowest BCUT2D eigenvalue weighted by Gasteiger charge is -2.05. The summed E-state index contributed by atoms with van der Waals surface area (Å²) in [5, 5.41) is 0. The van der Waals surface area contributed by atoms with Crippen LogP contribution in [0.5, 0.6) is 5.88 Å². The van der Waals surface area contributed by atoms with Crippen LogP contribution >= 0.6 is 0 Å². The van der Waals surface area contributed by atoms with Crippen molar-refractivity contribution in [1.82, 2.24) is 9.66 Å². The highest BCUT2D eigenvalue weighted by molar-refractivity contribution is 5.92. The highest BCUT2D eigenvalue weighted by Gasteiger charge is 2.20. The number of rotatable bonds is 4. The van der Waals surface area contributed by atoms with Gasteiger partial charge in [0.1, 0.15) is 0 Å². The molecule has 2 rings (SSSR count). The maximum Gasteiger partial charge on any atom is 0.357 e. The van der Waals surface area contributed by atoms with Crippen LogP contribution in [0.1, 0.15) is 36.8 Å². The van der Waals surface area contributed by atoms with E-state index < -0.39 is 5.97 Å². The topological polar surface area (TPSA) is 79.4 Å². The standard InChI is InChI=1S/C14H17N3O3.C2H6/c1-4-20-14(18)13-9(2)11(8-17(13)15)10-5-6-16-12(7-10)19-3;1-2/h5-8H,4,15H2,1-3H3;1-2H3. The molecule has 0 aromatic carbocycles. The van der Waals surface area contributed by atoms with Crippen LogP contribution in [-0.4, -0.2) is 29.3 Å². The van der Waals surface area contributed by atoms with E-state index in [-0.39, 0.29) is 0 Å². The molecule has 0 radical (unpaired) electrons. The number of nitrogen functional groups attached to an aromatic ring is 1. The number of methoxy groups -OCH3 is 1. The van der Waals surface area contributed by atoms with Crippen molar-refractivity contribution in [3.8, 4) is 17.0 Å². The predicted molar refractivity (Wildman–Crippen MR) is 86.4 cm³/mol. The van der Waals surface area contributed by atoms with Crippen LogP contribution in [0.15, 0.2) is 24.5 Å². The Kier molecular flexibility index (Phi) is 6.44. The smallest absolute Gasteiger partial charge is 0.357 e. The first-order valence-electron chi connectivity index (χ1n) is 7.23. The fourth-order valence-electron chi connectivity index (χ4n) is 2.06. The number of hydrogen-bond acceptors (Lipinski definition) is 5. The van der Waals surface area contributed by atoms with Gasteiger partial charge in [0.25, 0.3) is 0 Å². The van der Waals surface area contributed by atoms with Crippen molar-refractivity contribution in [3.63, 3.8) is 0 Å². The van der Waals surface area contributed by atoms with Gasteiger partial charge in [-0.05, 0) is 31.0 Å². The van der Waals surface area contributed by atoms with Crippen molar-refractivity contribution < 1.29 is 14.3 Å². The van der Waals surface area contributed by atoms with Crippen LogP contribution in [0.2, 0.25) is 0 Å². The Bertz CT molecular complexity index is 636. The zero-order valence-electron chi connectivity index (χ0n) is 13.7. The van der Waals surface area contributed by atoms with Crippen LogP contribution < -0.4 is 10.6 Å². The summed E-state index contributed by atoms with van der Waals surface area (Å²) in [5.74, 6) is 5.92. The van der Waals surface area contributed by atoms with Crippen molar-refractivity contribution in [2.45, 2.75) is 27.7 Å². The fourth-order valence-corrected chi connectivity index (χ4v) is 2.06. The van der Waals surface area contributed by atoms with Gasteiger partial charge in [-0.1, -0.05) is 13.8 Å². The van der Waals surface area contributed by atoms with Gasteiger partial charge >= 0.3 is 5.97 Å². The van der Waals surface area contributed by atoms with E-state index in [1.165, 1.54) is 4.68 Å². The van der Waals surface area contributed by atoms with Gasteiger partial charge in [-0.3, -0.25) is 4.68 Å². The molecule has 0 saturated heterocycles. The Morgan fingerprint density at radius 1 is 1.41 bits per heavy atom. The van der Waals surface area contributed by atoms with Gasteiger partial charge < -0.3 is 15.3 Å². The first-order valence-corrected chi connectivity index (χ1v) is 7.23. The van der Waals surface area contributed by atoms with Crippen LogP contribution in [0.3, 0.4) is 0 Å². The molecule has 2 aromatic heterocycles. The van der Waals surface area contributed by atoms with Gasteiger partial charge in [0.2, 0.25) is 5.88 Å². The number of ether oxygens (including phenoxy) is 2. The average molecular weight is 305 g/mol. The van der Waals surface area contributed by atoms with Gasteiger partial charge in [-0.2, -0.15) is 0 Å². The molecule has 2 aromatic rings. The third-order valence-corrected chi connectivity index (χ3v) is 3.01. The Morgan fingerprint density at radius 2 is 2.09 bits per heavy atom. The summed E-state index contributed by atoms with van der Waals surface area (Å²) in [7, 11) is 1.55. The summed E-state index contributed by atoms with van der Waals surface area (Å²) in [6.45, 7) is 7.89. The summed E-state index contributed by atoms with van der Waals surface area (Å²) in [6, 6.07) is 3.62. The molecule has 22 heavy (non-hydrogen) atoms. The fraction of sp³-hybridized carbons (Fsp3) is 0.375. The van der Waals surface area contributed by atoms with Crippen LogP contribution in [-0.2, 0) is 4.74 Å². The Hall–Kier alpha value is -2.50. The van der Waals surface area contributed by atoms with Gasteiger partial charge in [0.05, 0.1) is 13.7 Å². The summed E-state index contributed by atoms with van der Waals surface area (Å²) in [6.07, 6.45) is 3.34. The minimum Gasteiger partial charge on any atom is -0.481 e. The minimum absolute atomic E-state index is 0.307. The summed E-state index contributed by atoms with van der Waals surface area (Å²) < 4.78 is 11.4. The molecule has 6 heteroatoms. The van der Waals surface area contributed by atoms with E-state index in [0.717, 1.165) is 16.7 Å². The number of nitrogens with zero attached hydrogens (tertiary/aromatic N) is 2. The number of carbonyl (C=O) groups excluding carboxylic acids is 1. The number of aromatic nitrogens is 2. The summed E-state index contributed by atoms with van der Waals surface area (Å²) >= 11 is 0. The van der Waals surface area contributed by atoms with Crippen LogP contribution in [0.4, 0.5) is 0 Å². The molecule has 0 aliphatic rings. The molecule has 0 unspecified atom stereocenters. The lowest BCUT2D eigenvalue weighted by Crippen LogP contribution is -2.18. The summed E-state index contributed by atoms with van der Waals surface area (Å²) in [4.78, 5) is 15.9. The minimum atomic E-state index is -0.431.